The minimum absolute atomic E-state index is 0.00991. The molecule has 0 bridgehead atoms. The van der Waals surface area contributed by atoms with Gasteiger partial charge in [-0.1, -0.05) is 54.6 Å². The van der Waals surface area contributed by atoms with Crippen molar-refractivity contribution in [3.05, 3.63) is 95.1 Å². The van der Waals surface area contributed by atoms with Crippen molar-refractivity contribution in [2.45, 2.75) is 50.2 Å². The van der Waals surface area contributed by atoms with Crippen molar-refractivity contribution >= 4 is 17.7 Å². The van der Waals surface area contributed by atoms with E-state index < -0.39 is 6.09 Å². The summed E-state index contributed by atoms with van der Waals surface area (Å²) in [6, 6.07) is 25.1. The maximum Gasteiger partial charge on any atom is 0.407 e. The van der Waals surface area contributed by atoms with Crippen LogP contribution in [0.1, 0.15) is 48.4 Å². The first-order valence-corrected chi connectivity index (χ1v) is 14.8. The van der Waals surface area contributed by atoms with Gasteiger partial charge in [-0.25, -0.2) is 4.79 Å². The number of esters is 1. The van der Waals surface area contributed by atoms with Gasteiger partial charge >= 0.3 is 12.1 Å². The van der Waals surface area contributed by atoms with Crippen LogP contribution in [-0.2, 0) is 38.2 Å². The first-order valence-electron chi connectivity index (χ1n) is 14.8. The Labute approximate surface area is 246 Å². The highest BCUT2D eigenvalue weighted by atomic mass is 16.5. The van der Waals surface area contributed by atoms with Crippen molar-refractivity contribution in [3.63, 3.8) is 0 Å². The molecule has 8 nitrogen and oxygen atoms in total. The number of likely N-dealkylation sites (tertiary alicyclic amines) is 1. The van der Waals surface area contributed by atoms with Gasteiger partial charge in [0.05, 0.1) is 31.7 Å². The topological polar surface area (TPSA) is 88.5 Å². The molecule has 0 unspecified atom stereocenters. The number of hydrogen-bond donors (Lipinski definition) is 1. The Morgan fingerprint density at radius 2 is 1.62 bits per heavy atom. The van der Waals surface area contributed by atoms with Crippen molar-refractivity contribution in [2.75, 3.05) is 44.4 Å². The molecule has 2 saturated heterocycles. The zero-order chi connectivity index (χ0) is 29.2. The number of piperidine rings is 1. The third-order valence-corrected chi connectivity index (χ3v) is 9.11. The Morgan fingerprint density at radius 1 is 0.929 bits per heavy atom. The molecule has 6 rings (SSSR count). The summed E-state index contributed by atoms with van der Waals surface area (Å²) in [6.45, 7) is 6.58. The second kappa shape index (κ2) is 11.7. The number of para-hydroxylation sites is 1. The molecule has 1 spiro atoms. The highest BCUT2D eigenvalue weighted by Crippen LogP contribution is 2.47. The van der Waals surface area contributed by atoms with Gasteiger partial charge in [-0.3, -0.25) is 4.79 Å². The number of rotatable bonds is 9. The molecule has 8 heteroatoms. The fraction of sp³-hybridized carbons (Fsp3) is 0.412. The average Bonchev–Trinajstić information content (AvgIpc) is 3.27. The van der Waals surface area contributed by atoms with Crippen LogP contribution in [0.15, 0.2) is 72.8 Å². The number of benzene rings is 3. The summed E-state index contributed by atoms with van der Waals surface area (Å²) in [6.07, 6.45) is 1.20. The van der Waals surface area contributed by atoms with E-state index in [9.17, 15) is 14.7 Å². The molecule has 220 valence electrons. The Kier molecular flexibility index (Phi) is 7.82. The fourth-order valence-electron chi connectivity index (χ4n) is 6.67. The van der Waals surface area contributed by atoms with Crippen LogP contribution in [0, 0.1) is 0 Å². The van der Waals surface area contributed by atoms with Crippen molar-refractivity contribution in [3.8, 4) is 5.75 Å². The van der Waals surface area contributed by atoms with E-state index in [0.29, 0.717) is 45.9 Å². The smallest absolute Gasteiger partial charge is 0.407 e. The molecule has 2 fully saturated rings. The molecular weight excluding hydrogens is 532 g/mol. The van der Waals surface area contributed by atoms with Gasteiger partial charge < -0.3 is 29.1 Å². The molecule has 3 aromatic rings. The Bertz CT molecular complexity index is 1410. The number of fused-ring (bicyclic) bond motifs is 2. The normalized spacial score (nSPS) is 18.3. The molecule has 1 N–H and O–H groups in total. The van der Waals surface area contributed by atoms with E-state index in [1.165, 1.54) is 21.7 Å². The minimum atomic E-state index is -0.822. The third kappa shape index (κ3) is 5.55. The number of amides is 1. The number of ether oxygens (including phenoxy) is 3. The Balaban J connectivity index is 1.05. The second-order valence-electron chi connectivity index (χ2n) is 11.8. The standard InChI is InChI=1S/C34H38N2O6/c1-2-41-31(37)19-34(23-40-24-34)27-11-13-28(14-12-27)42-21-26-9-7-25(8-10-26)20-36-22-33(29-5-3-4-6-30(29)36)15-17-35(18-16-33)32(38)39/h3-14H,2,15-24H2,1H3,(H,38,39). The van der Waals surface area contributed by atoms with Crippen molar-refractivity contribution in [1.29, 1.82) is 0 Å². The summed E-state index contributed by atoms with van der Waals surface area (Å²) in [4.78, 5) is 27.6. The lowest BCUT2D eigenvalue weighted by molar-refractivity contribution is -0.151. The van der Waals surface area contributed by atoms with Gasteiger partial charge in [-0.05, 0) is 60.2 Å². The summed E-state index contributed by atoms with van der Waals surface area (Å²) in [7, 11) is 0. The first-order chi connectivity index (χ1) is 20.4. The van der Waals surface area contributed by atoms with E-state index in [-0.39, 0.29) is 16.8 Å². The van der Waals surface area contributed by atoms with E-state index in [1.807, 2.05) is 31.2 Å². The van der Waals surface area contributed by atoms with Crippen LogP contribution in [0.5, 0.6) is 5.75 Å². The monoisotopic (exact) mass is 570 g/mol. The maximum absolute atomic E-state index is 12.1. The Morgan fingerprint density at radius 3 is 2.26 bits per heavy atom. The zero-order valence-electron chi connectivity index (χ0n) is 24.1. The average molecular weight is 571 g/mol. The highest BCUT2D eigenvalue weighted by Gasteiger charge is 2.45. The molecule has 0 radical (unpaired) electrons. The van der Waals surface area contributed by atoms with E-state index in [0.717, 1.165) is 42.8 Å². The van der Waals surface area contributed by atoms with Gasteiger partial charge in [0.25, 0.3) is 0 Å². The first kappa shape index (κ1) is 28.1. The number of carboxylic acid groups (broad SMARTS) is 1. The van der Waals surface area contributed by atoms with Gasteiger partial charge in [0.1, 0.15) is 12.4 Å². The van der Waals surface area contributed by atoms with Crippen LogP contribution in [0.3, 0.4) is 0 Å². The summed E-state index contributed by atoms with van der Waals surface area (Å²) in [5.41, 5.74) is 5.69. The molecule has 0 aromatic heterocycles. The number of anilines is 1. The van der Waals surface area contributed by atoms with Crippen LogP contribution in [-0.4, -0.2) is 61.5 Å². The SMILES string of the molecule is CCOC(=O)CC1(c2ccc(OCc3ccc(CN4CC5(CCN(C(=O)O)CC5)c5ccccc54)cc3)cc2)COC1. The minimum Gasteiger partial charge on any atom is -0.489 e. The molecule has 0 atom stereocenters. The van der Waals surface area contributed by atoms with Gasteiger partial charge in [0.15, 0.2) is 0 Å². The molecule has 3 heterocycles. The second-order valence-corrected chi connectivity index (χ2v) is 11.8. The summed E-state index contributed by atoms with van der Waals surface area (Å²) < 4.78 is 16.7. The molecule has 0 aliphatic carbocycles. The van der Waals surface area contributed by atoms with Crippen molar-refractivity contribution in [1.82, 2.24) is 4.90 Å². The predicted octanol–water partition coefficient (Wildman–Crippen LogP) is 5.52. The van der Waals surface area contributed by atoms with Crippen molar-refractivity contribution < 1.29 is 28.9 Å². The van der Waals surface area contributed by atoms with Gasteiger partial charge in [-0.2, -0.15) is 0 Å². The zero-order valence-corrected chi connectivity index (χ0v) is 24.1. The number of carbonyl (C=O) groups is 2. The molecule has 3 aromatic carbocycles. The van der Waals surface area contributed by atoms with Crippen LogP contribution in [0.2, 0.25) is 0 Å². The fourth-order valence-corrected chi connectivity index (χ4v) is 6.67. The highest BCUT2D eigenvalue weighted by molar-refractivity contribution is 5.72. The molecule has 1 amide bonds. The molecule has 42 heavy (non-hydrogen) atoms. The predicted molar refractivity (Wildman–Crippen MR) is 159 cm³/mol. The van der Waals surface area contributed by atoms with Crippen LogP contribution < -0.4 is 9.64 Å². The summed E-state index contributed by atoms with van der Waals surface area (Å²) in [5.74, 6) is 0.585. The summed E-state index contributed by atoms with van der Waals surface area (Å²) in [5, 5.41) is 9.42. The molecule has 3 aliphatic rings. The Hall–Kier alpha value is -4.04. The van der Waals surface area contributed by atoms with E-state index in [1.54, 1.807) is 0 Å². The lowest BCUT2D eigenvalue weighted by atomic mass is 9.74. The summed E-state index contributed by atoms with van der Waals surface area (Å²) >= 11 is 0. The van der Waals surface area contributed by atoms with Gasteiger partial charge in [-0.15, -0.1) is 0 Å². The number of carbonyl (C=O) groups excluding carboxylic acids is 1. The van der Waals surface area contributed by atoms with E-state index in [4.69, 9.17) is 14.2 Å². The molecule has 0 saturated carbocycles. The molecule has 3 aliphatic heterocycles. The quantitative estimate of drug-likeness (QED) is 0.339. The third-order valence-electron chi connectivity index (χ3n) is 9.11. The van der Waals surface area contributed by atoms with Crippen LogP contribution >= 0.6 is 0 Å². The maximum atomic E-state index is 12.1. The van der Waals surface area contributed by atoms with E-state index in [2.05, 4.69) is 53.4 Å². The number of nitrogens with zero attached hydrogens (tertiary/aromatic N) is 2. The number of hydrogen-bond acceptors (Lipinski definition) is 6. The van der Waals surface area contributed by atoms with Crippen LogP contribution in [0.4, 0.5) is 10.5 Å². The molecular formula is C34H38N2O6. The van der Waals surface area contributed by atoms with E-state index >= 15 is 0 Å². The van der Waals surface area contributed by atoms with Crippen LogP contribution in [0.25, 0.3) is 0 Å². The van der Waals surface area contributed by atoms with Crippen molar-refractivity contribution in [2.24, 2.45) is 0 Å². The lowest BCUT2D eigenvalue weighted by Gasteiger charge is -2.41. The largest absolute Gasteiger partial charge is 0.489 e. The van der Waals surface area contributed by atoms with Gasteiger partial charge in [0.2, 0.25) is 0 Å². The lowest BCUT2D eigenvalue weighted by Crippen LogP contribution is -2.48. The van der Waals surface area contributed by atoms with Gasteiger partial charge in [0, 0.05) is 37.3 Å².